The quantitative estimate of drug-likeness (QED) is 0.613. The third kappa shape index (κ3) is 3.25. The van der Waals surface area contributed by atoms with Gasteiger partial charge in [0.05, 0.1) is 11.0 Å². The average molecular weight is 237 g/mol. The van der Waals surface area contributed by atoms with E-state index in [2.05, 4.69) is 5.32 Å². The number of nitrogens with one attached hydrogen (secondary N) is 1. The van der Waals surface area contributed by atoms with Gasteiger partial charge in [-0.2, -0.15) is 0 Å². The number of anilines is 1. The number of benzene rings is 1. The molecule has 92 valence electrons. The Morgan fingerprint density at radius 2 is 2.24 bits per heavy atom. The van der Waals surface area contributed by atoms with Crippen molar-refractivity contribution in [2.45, 2.75) is 26.3 Å². The summed E-state index contributed by atoms with van der Waals surface area (Å²) in [6.07, 6.45) is 0.539. The van der Waals surface area contributed by atoms with Crippen LogP contribution >= 0.6 is 0 Å². The molecule has 1 rings (SSSR count). The van der Waals surface area contributed by atoms with Crippen molar-refractivity contribution >= 4 is 17.3 Å². The Hall–Kier alpha value is -1.95. The second kappa shape index (κ2) is 5.40. The van der Waals surface area contributed by atoms with Crippen molar-refractivity contribution in [3.8, 4) is 0 Å². The third-order valence-corrected chi connectivity index (χ3v) is 2.44. The minimum atomic E-state index is -0.564. The van der Waals surface area contributed by atoms with Gasteiger partial charge in [0, 0.05) is 17.3 Å². The second-order valence-electron chi connectivity index (χ2n) is 3.76. The fourth-order valence-corrected chi connectivity index (χ4v) is 1.36. The Morgan fingerprint density at radius 1 is 1.59 bits per heavy atom. The third-order valence-electron chi connectivity index (χ3n) is 2.44. The average Bonchev–Trinajstić information content (AvgIpc) is 2.27. The van der Waals surface area contributed by atoms with Crippen LogP contribution < -0.4 is 11.1 Å². The first-order valence-corrected chi connectivity index (χ1v) is 5.27. The van der Waals surface area contributed by atoms with E-state index < -0.39 is 11.0 Å². The largest absolute Gasteiger partial charge is 0.325 e. The van der Waals surface area contributed by atoms with E-state index in [0.717, 1.165) is 0 Å². The summed E-state index contributed by atoms with van der Waals surface area (Å²) in [6.45, 7) is 3.43. The maximum Gasteiger partial charge on any atom is 0.272 e. The highest BCUT2D eigenvalue weighted by Crippen LogP contribution is 2.21. The van der Waals surface area contributed by atoms with Gasteiger partial charge in [-0.1, -0.05) is 6.92 Å². The van der Waals surface area contributed by atoms with Crippen molar-refractivity contribution in [3.63, 3.8) is 0 Å². The summed E-state index contributed by atoms with van der Waals surface area (Å²) in [5.41, 5.74) is 6.60. The van der Waals surface area contributed by atoms with Crippen LogP contribution in [0.2, 0.25) is 0 Å². The number of rotatable bonds is 4. The van der Waals surface area contributed by atoms with Crippen LogP contribution in [0.25, 0.3) is 0 Å². The van der Waals surface area contributed by atoms with Gasteiger partial charge in [-0.15, -0.1) is 0 Å². The molecule has 0 saturated heterocycles. The summed E-state index contributed by atoms with van der Waals surface area (Å²) in [5.74, 6) is -0.291. The first kappa shape index (κ1) is 13.1. The molecule has 17 heavy (non-hydrogen) atoms. The molecule has 1 atom stereocenters. The van der Waals surface area contributed by atoms with Crippen LogP contribution in [0.15, 0.2) is 18.2 Å². The molecular formula is C11H15N3O3. The van der Waals surface area contributed by atoms with E-state index in [4.69, 9.17) is 5.73 Å². The summed E-state index contributed by atoms with van der Waals surface area (Å²) in [5, 5.41) is 13.2. The van der Waals surface area contributed by atoms with Crippen molar-refractivity contribution in [1.29, 1.82) is 0 Å². The molecular weight excluding hydrogens is 222 g/mol. The van der Waals surface area contributed by atoms with Crippen LogP contribution in [-0.2, 0) is 4.79 Å². The van der Waals surface area contributed by atoms with Crippen LogP contribution in [0.4, 0.5) is 11.4 Å². The van der Waals surface area contributed by atoms with Gasteiger partial charge >= 0.3 is 0 Å². The minimum Gasteiger partial charge on any atom is -0.325 e. The molecule has 1 amide bonds. The molecule has 0 saturated carbocycles. The van der Waals surface area contributed by atoms with E-state index in [1.807, 2.05) is 6.92 Å². The Balaban J connectivity index is 2.84. The molecule has 0 radical (unpaired) electrons. The van der Waals surface area contributed by atoms with E-state index >= 15 is 0 Å². The van der Waals surface area contributed by atoms with Gasteiger partial charge in [0.1, 0.15) is 0 Å². The molecule has 0 bridgehead atoms. The van der Waals surface area contributed by atoms with E-state index in [1.165, 1.54) is 12.1 Å². The van der Waals surface area contributed by atoms with Crippen molar-refractivity contribution in [2.24, 2.45) is 5.73 Å². The zero-order valence-corrected chi connectivity index (χ0v) is 9.77. The molecule has 0 aliphatic rings. The standard InChI is InChI=1S/C11H15N3O3/c1-3-9(12)11(15)13-8-4-5-10(14(16)17)7(2)6-8/h4-6,9H,3,12H2,1-2H3,(H,13,15)/t9-/m1/s1. The summed E-state index contributed by atoms with van der Waals surface area (Å²) in [4.78, 5) is 21.7. The molecule has 6 heteroatoms. The number of nitrogens with zero attached hydrogens (tertiary/aromatic N) is 1. The molecule has 0 spiro atoms. The van der Waals surface area contributed by atoms with Gasteiger partial charge in [-0.3, -0.25) is 14.9 Å². The molecule has 3 N–H and O–H groups in total. The van der Waals surface area contributed by atoms with Crippen LogP contribution in [0.5, 0.6) is 0 Å². The number of aryl methyl sites for hydroxylation is 1. The van der Waals surface area contributed by atoms with Gasteiger partial charge in [-0.25, -0.2) is 0 Å². The molecule has 1 aromatic carbocycles. The second-order valence-corrected chi connectivity index (χ2v) is 3.76. The number of nitro groups is 1. The predicted octanol–water partition coefficient (Wildman–Crippen LogP) is 1.58. The lowest BCUT2D eigenvalue weighted by atomic mass is 10.1. The Bertz CT molecular complexity index is 446. The SMILES string of the molecule is CC[C@@H](N)C(=O)Nc1ccc([N+](=O)[O-])c(C)c1. The zero-order valence-electron chi connectivity index (χ0n) is 9.77. The van der Waals surface area contributed by atoms with Gasteiger partial charge in [0.15, 0.2) is 0 Å². The summed E-state index contributed by atoms with van der Waals surface area (Å²) in [7, 11) is 0. The number of amides is 1. The molecule has 0 unspecified atom stereocenters. The lowest BCUT2D eigenvalue weighted by molar-refractivity contribution is -0.385. The fourth-order valence-electron chi connectivity index (χ4n) is 1.36. The molecule has 0 aliphatic heterocycles. The van der Waals surface area contributed by atoms with Crippen LogP contribution in [0.3, 0.4) is 0 Å². The number of nitrogens with two attached hydrogens (primary N) is 1. The Morgan fingerprint density at radius 3 is 2.71 bits per heavy atom. The predicted molar refractivity (Wildman–Crippen MR) is 64.7 cm³/mol. The molecule has 0 aliphatic carbocycles. The van der Waals surface area contributed by atoms with E-state index in [0.29, 0.717) is 17.7 Å². The van der Waals surface area contributed by atoms with Crippen molar-refractivity contribution in [3.05, 3.63) is 33.9 Å². The van der Waals surface area contributed by atoms with Crippen molar-refractivity contribution < 1.29 is 9.72 Å². The zero-order chi connectivity index (χ0) is 13.0. The van der Waals surface area contributed by atoms with Crippen molar-refractivity contribution in [1.82, 2.24) is 0 Å². The van der Waals surface area contributed by atoms with Gasteiger partial charge in [-0.05, 0) is 25.5 Å². The van der Waals surface area contributed by atoms with E-state index in [-0.39, 0.29) is 11.6 Å². The molecule has 1 aromatic rings. The number of carbonyl (C=O) groups excluding carboxylic acids is 1. The summed E-state index contributed by atoms with van der Waals surface area (Å²) >= 11 is 0. The van der Waals surface area contributed by atoms with Crippen LogP contribution in [0.1, 0.15) is 18.9 Å². The summed E-state index contributed by atoms with van der Waals surface area (Å²) in [6, 6.07) is 3.84. The maximum absolute atomic E-state index is 11.5. The Kier molecular flexibility index (Phi) is 4.17. The lowest BCUT2D eigenvalue weighted by Crippen LogP contribution is -2.34. The maximum atomic E-state index is 11.5. The normalized spacial score (nSPS) is 11.9. The first-order chi connectivity index (χ1) is 7.95. The van der Waals surface area contributed by atoms with Crippen LogP contribution in [-0.4, -0.2) is 16.9 Å². The monoisotopic (exact) mass is 237 g/mol. The molecule has 0 fully saturated rings. The van der Waals surface area contributed by atoms with E-state index in [1.54, 1.807) is 13.0 Å². The van der Waals surface area contributed by atoms with Gasteiger partial charge in [0.2, 0.25) is 5.91 Å². The number of hydrogen-bond donors (Lipinski definition) is 2. The van der Waals surface area contributed by atoms with E-state index in [9.17, 15) is 14.9 Å². The minimum absolute atomic E-state index is 0.0304. The molecule has 0 aromatic heterocycles. The lowest BCUT2D eigenvalue weighted by Gasteiger charge is -2.10. The smallest absolute Gasteiger partial charge is 0.272 e. The number of nitro benzene ring substituents is 1. The number of carbonyl (C=O) groups is 1. The topological polar surface area (TPSA) is 98.3 Å². The summed E-state index contributed by atoms with van der Waals surface area (Å²) < 4.78 is 0. The Labute approximate surface area is 99.0 Å². The molecule has 6 nitrogen and oxygen atoms in total. The fraction of sp³-hybridized carbons (Fsp3) is 0.364. The van der Waals surface area contributed by atoms with Gasteiger partial charge in [0.25, 0.3) is 5.69 Å². The highest BCUT2D eigenvalue weighted by atomic mass is 16.6. The first-order valence-electron chi connectivity index (χ1n) is 5.27. The highest BCUT2D eigenvalue weighted by Gasteiger charge is 2.14. The highest BCUT2D eigenvalue weighted by molar-refractivity contribution is 5.94. The van der Waals surface area contributed by atoms with Crippen molar-refractivity contribution in [2.75, 3.05) is 5.32 Å². The van der Waals surface area contributed by atoms with Crippen LogP contribution in [0, 0.1) is 17.0 Å². The molecule has 0 heterocycles. The number of hydrogen-bond acceptors (Lipinski definition) is 4. The van der Waals surface area contributed by atoms with Gasteiger partial charge < -0.3 is 11.1 Å².